The summed E-state index contributed by atoms with van der Waals surface area (Å²) in [5.41, 5.74) is 5.01. The molecular formula is C35H30Cl2FN9. The van der Waals surface area contributed by atoms with Gasteiger partial charge in [-0.1, -0.05) is 53.5 Å². The molecule has 1 aliphatic heterocycles. The van der Waals surface area contributed by atoms with Crippen LogP contribution in [0.4, 0.5) is 21.5 Å². The first-order chi connectivity index (χ1) is 22.9. The number of hydrogen-bond donors (Lipinski definition) is 2. The molecule has 3 aromatic carbocycles. The molecule has 1 aliphatic rings. The predicted octanol–water partition coefficient (Wildman–Crippen LogP) is 8.29. The smallest absolute Gasteiger partial charge is 0.141 e. The van der Waals surface area contributed by atoms with Crippen LogP contribution >= 0.6 is 23.2 Å². The van der Waals surface area contributed by atoms with E-state index in [1.165, 1.54) is 18.3 Å². The first-order valence-corrected chi connectivity index (χ1v) is 16.2. The number of piperidine rings is 1. The molecule has 0 bridgehead atoms. The molecule has 6 aromatic rings. The lowest BCUT2D eigenvalue weighted by Gasteiger charge is -2.30. The minimum absolute atomic E-state index is 0.0380. The largest absolute Gasteiger partial charge is 0.373 e. The number of nitrogens with zero attached hydrogens (tertiary/aromatic N) is 7. The molecule has 4 heterocycles. The van der Waals surface area contributed by atoms with Gasteiger partial charge >= 0.3 is 0 Å². The van der Waals surface area contributed by atoms with Crippen molar-refractivity contribution in [3.05, 3.63) is 112 Å². The maximum Gasteiger partial charge on any atom is 0.141 e. The fourth-order valence-corrected chi connectivity index (χ4v) is 6.59. The number of nitrogens with one attached hydrogen (secondary N) is 2. The average Bonchev–Trinajstić information content (AvgIpc) is 3.59. The zero-order chi connectivity index (χ0) is 32.5. The van der Waals surface area contributed by atoms with Gasteiger partial charge in [0.25, 0.3) is 0 Å². The molecule has 0 unspecified atom stereocenters. The summed E-state index contributed by atoms with van der Waals surface area (Å²) in [5, 5.41) is 28.1. The molecule has 12 heteroatoms. The van der Waals surface area contributed by atoms with Crippen LogP contribution in [0.1, 0.15) is 48.7 Å². The first-order valence-electron chi connectivity index (χ1n) is 15.4. The van der Waals surface area contributed by atoms with Gasteiger partial charge in [-0.05, 0) is 67.4 Å². The molecule has 1 saturated heterocycles. The van der Waals surface area contributed by atoms with Gasteiger partial charge in [-0.3, -0.25) is 9.97 Å². The molecule has 9 nitrogen and oxygen atoms in total. The monoisotopic (exact) mass is 665 g/mol. The van der Waals surface area contributed by atoms with E-state index in [1.807, 2.05) is 35.1 Å². The maximum atomic E-state index is 13.9. The van der Waals surface area contributed by atoms with E-state index >= 15 is 0 Å². The summed E-state index contributed by atoms with van der Waals surface area (Å²) in [6.45, 7) is 5.30. The van der Waals surface area contributed by atoms with Gasteiger partial charge in [0.1, 0.15) is 17.6 Å². The third kappa shape index (κ3) is 6.30. The van der Waals surface area contributed by atoms with Crippen molar-refractivity contribution in [1.29, 1.82) is 5.26 Å². The Kier molecular flexibility index (Phi) is 8.60. The molecular weight excluding hydrogens is 636 g/mol. The van der Waals surface area contributed by atoms with Crippen LogP contribution in [0.5, 0.6) is 0 Å². The minimum atomic E-state index is -0.537. The van der Waals surface area contributed by atoms with E-state index in [4.69, 9.17) is 23.2 Å². The second kappa shape index (κ2) is 13.1. The molecule has 1 atom stereocenters. The molecule has 7 rings (SSSR count). The number of halogens is 3. The standard InChI is InChI=1S/C35H30Cl2FN9/c1-2-46-12-9-26(10-13-46)47-20-32(44-45-47)34(22-6-5-21-4-3-11-40-31(21)14-22)43-25-15-27-33(42-24-7-8-30(38)28(36)16-24)23(18-39)19-41-35(27)29(37)17-25/h3-8,11,14-17,19-20,26,34,43H,2,9-10,12-13H2,1H3,(H,41,42)/t34-/m0/s1. The normalized spacial score (nSPS) is 14.7. The van der Waals surface area contributed by atoms with E-state index in [0.29, 0.717) is 38.6 Å². The zero-order valence-electron chi connectivity index (χ0n) is 25.5. The number of benzene rings is 3. The Balaban J connectivity index is 1.30. The summed E-state index contributed by atoms with van der Waals surface area (Å²) in [6.07, 6.45) is 7.29. The Morgan fingerprint density at radius 1 is 1.02 bits per heavy atom. The van der Waals surface area contributed by atoms with Crippen molar-refractivity contribution in [2.45, 2.75) is 31.8 Å². The number of aromatic nitrogens is 5. The Labute approximate surface area is 281 Å². The van der Waals surface area contributed by atoms with Crippen molar-refractivity contribution in [3.63, 3.8) is 0 Å². The predicted molar refractivity (Wildman–Crippen MR) is 184 cm³/mol. The summed E-state index contributed by atoms with van der Waals surface area (Å²) in [4.78, 5) is 11.5. The zero-order valence-corrected chi connectivity index (χ0v) is 27.0. The number of fused-ring (bicyclic) bond motifs is 2. The maximum absolute atomic E-state index is 13.9. The van der Waals surface area contributed by atoms with Crippen molar-refractivity contribution >= 4 is 62.1 Å². The van der Waals surface area contributed by atoms with Crippen molar-refractivity contribution in [2.24, 2.45) is 0 Å². The van der Waals surface area contributed by atoms with Crippen LogP contribution in [0.2, 0.25) is 10.0 Å². The molecule has 3 aromatic heterocycles. The molecule has 2 N–H and O–H groups in total. The third-order valence-electron chi connectivity index (χ3n) is 8.71. The minimum Gasteiger partial charge on any atom is -0.373 e. The number of nitriles is 1. The van der Waals surface area contributed by atoms with Gasteiger partial charge in [0.15, 0.2) is 0 Å². The summed E-state index contributed by atoms with van der Waals surface area (Å²) >= 11 is 12.9. The lowest BCUT2D eigenvalue weighted by atomic mass is 10.0. The molecule has 0 spiro atoms. The summed E-state index contributed by atoms with van der Waals surface area (Å²) in [5.74, 6) is -0.537. The van der Waals surface area contributed by atoms with Gasteiger partial charge in [0.05, 0.1) is 50.6 Å². The van der Waals surface area contributed by atoms with Crippen LogP contribution in [-0.2, 0) is 0 Å². The van der Waals surface area contributed by atoms with E-state index in [9.17, 15) is 9.65 Å². The molecule has 0 aliphatic carbocycles. The van der Waals surface area contributed by atoms with E-state index in [-0.39, 0.29) is 11.1 Å². The Morgan fingerprint density at radius 2 is 1.85 bits per heavy atom. The molecule has 47 heavy (non-hydrogen) atoms. The lowest BCUT2D eigenvalue weighted by Crippen LogP contribution is -2.34. The van der Waals surface area contributed by atoms with Crippen molar-refractivity contribution < 1.29 is 4.39 Å². The second-order valence-corrected chi connectivity index (χ2v) is 12.4. The Bertz CT molecular complexity index is 2140. The number of hydrogen-bond acceptors (Lipinski definition) is 8. The van der Waals surface area contributed by atoms with Gasteiger partial charge in [-0.25, -0.2) is 9.07 Å². The van der Waals surface area contributed by atoms with Crippen LogP contribution < -0.4 is 10.6 Å². The van der Waals surface area contributed by atoms with E-state index in [1.54, 1.807) is 18.3 Å². The fraction of sp³-hybridized carbons (Fsp3) is 0.229. The number of pyridine rings is 2. The molecule has 0 amide bonds. The molecule has 1 fully saturated rings. The Morgan fingerprint density at radius 3 is 2.64 bits per heavy atom. The van der Waals surface area contributed by atoms with Gasteiger partial charge < -0.3 is 15.5 Å². The lowest BCUT2D eigenvalue weighted by molar-refractivity contribution is 0.186. The van der Waals surface area contributed by atoms with Crippen LogP contribution in [0, 0.1) is 17.1 Å². The highest BCUT2D eigenvalue weighted by atomic mass is 35.5. The Hall–Kier alpha value is -4.82. The van der Waals surface area contributed by atoms with Crippen molar-refractivity contribution in [2.75, 3.05) is 30.3 Å². The molecule has 0 saturated carbocycles. The van der Waals surface area contributed by atoms with Crippen molar-refractivity contribution in [1.82, 2.24) is 29.9 Å². The highest BCUT2D eigenvalue weighted by Crippen LogP contribution is 2.37. The van der Waals surface area contributed by atoms with Gasteiger partial charge in [-0.2, -0.15) is 5.26 Å². The summed E-state index contributed by atoms with van der Waals surface area (Å²) in [6, 6.07) is 20.1. The van der Waals surface area contributed by atoms with E-state index < -0.39 is 11.9 Å². The molecule has 236 valence electrons. The van der Waals surface area contributed by atoms with Gasteiger partial charge in [-0.15, -0.1) is 5.10 Å². The highest BCUT2D eigenvalue weighted by Gasteiger charge is 2.25. The van der Waals surface area contributed by atoms with Gasteiger partial charge in [0, 0.05) is 47.6 Å². The van der Waals surface area contributed by atoms with Crippen LogP contribution in [0.25, 0.3) is 21.8 Å². The van der Waals surface area contributed by atoms with Crippen LogP contribution in [0.15, 0.2) is 79.3 Å². The second-order valence-electron chi connectivity index (χ2n) is 11.6. The highest BCUT2D eigenvalue weighted by molar-refractivity contribution is 6.36. The third-order valence-corrected chi connectivity index (χ3v) is 9.29. The number of rotatable bonds is 8. The fourth-order valence-electron chi connectivity index (χ4n) is 6.14. The number of anilines is 3. The van der Waals surface area contributed by atoms with Crippen molar-refractivity contribution in [3.8, 4) is 6.07 Å². The number of likely N-dealkylation sites (tertiary alicyclic amines) is 1. The molecule has 0 radical (unpaired) electrons. The first kappa shape index (κ1) is 30.8. The summed E-state index contributed by atoms with van der Waals surface area (Å²) < 4.78 is 15.9. The van der Waals surface area contributed by atoms with E-state index in [2.05, 4.69) is 60.9 Å². The quantitative estimate of drug-likeness (QED) is 0.167. The van der Waals surface area contributed by atoms with E-state index in [0.717, 1.165) is 54.6 Å². The summed E-state index contributed by atoms with van der Waals surface area (Å²) in [7, 11) is 0. The van der Waals surface area contributed by atoms with Crippen LogP contribution in [0.3, 0.4) is 0 Å². The average molecular weight is 667 g/mol. The SMILES string of the molecule is CCN1CCC(n2cc([C@@H](Nc3cc(Cl)c4ncc(C#N)c(Nc5ccc(F)c(Cl)c5)c4c3)c3ccc4cccnc4c3)nn2)CC1. The topological polar surface area (TPSA) is 108 Å². The van der Waals surface area contributed by atoms with Gasteiger partial charge in [0.2, 0.25) is 0 Å². The van der Waals surface area contributed by atoms with Crippen LogP contribution in [-0.4, -0.2) is 49.5 Å².